The Labute approximate surface area is 165 Å². The quantitative estimate of drug-likeness (QED) is 0.537. The van der Waals surface area contributed by atoms with E-state index in [9.17, 15) is 22.4 Å². The molecule has 0 fully saturated rings. The fraction of sp³-hybridized carbons (Fsp3) is 0.235. The van der Waals surface area contributed by atoms with Crippen molar-refractivity contribution in [3.05, 3.63) is 46.9 Å². The molecule has 0 aliphatic rings. The minimum absolute atomic E-state index is 0.0726. The first-order chi connectivity index (χ1) is 13.2. The van der Waals surface area contributed by atoms with Gasteiger partial charge in [0.15, 0.2) is 11.0 Å². The Hall–Kier alpha value is -2.33. The lowest BCUT2D eigenvalue weighted by molar-refractivity contribution is -0.138. The Morgan fingerprint density at radius 2 is 2.07 bits per heavy atom. The molecule has 0 saturated heterocycles. The van der Waals surface area contributed by atoms with Gasteiger partial charge in [-0.2, -0.15) is 13.2 Å². The van der Waals surface area contributed by atoms with Gasteiger partial charge in [0.05, 0.1) is 16.1 Å². The first-order valence-corrected chi connectivity index (χ1v) is 9.13. The summed E-state index contributed by atoms with van der Waals surface area (Å²) in [5, 5.41) is 8.93. The van der Waals surface area contributed by atoms with Crippen LogP contribution in [-0.4, -0.2) is 25.6 Å². The molecule has 2 heterocycles. The number of imidazole rings is 1. The van der Waals surface area contributed by atoms with Crippen LogP contribution in [0.25, 0.3) is 11.0 Å². The predicted octanol–water partition coefficient (Wildman–Crippen LogP) is 5.26. The number of aryl methyl sites for hydroxylation is 1. The maximum atomic E-state index is 14.1. The first-order valence-electron chi connectivity index (χ1n) is 7.94. The molecule has 0 bridgehead atoms. The van der Waals surface area contributed by atoms with Gasteiger partial charge < -0.3 is 9.67 Å². The van der Waals surface area contributed by atoms with Crippen LogP contribution in [0, 0.1) is 5.82 Å². The Bertz CT molecular complexity index is 1040. The van der Waals surface area contributed by atoms with E-state index in [0.29, 0.717) is 11.7 Å². The molecular formula is C17H12ClF4N3O2S. The van der Waals surface area contributed by atoms with E-state index in [2.05, 4.69) is 9.97 Å². The number of carboxylic acids is 1. The fourth-order valence-corrected chi connectivity index (χ4v) is 3.67. The zero-order valence-electron chi connectivity index (χ0n) is 14.0. The number of carbonyl (C=O) groups is 1. The highest BCUT2D eigenvalue weighted by molar-refractivity contribution is 7.99. The number of aromatic nitrogens is 3. The largest absolute Gasteiger partial charge is 0.481 e. The number of alkyl halides is 3. The van der Waals surface area contributed by atoms with Crippen LogP contribution >= 0.6 is 23.4 Å². The molecule has 0 saturated carbocycles. The van der Waals surface area contributed by atoms with E-state index >= 15 is 0 Å². The van der Waals surface area contributed by atoms with Gasteiger partial charge in [0.25, 0.3) is 0 Å². The molecule has 0 aliphatic heterocycles. The van der Waals surface area contributed by atoms with Gasteiger partial charge in [-0.3, -0.25) is 4.79 Å². The number of pyridine rings is 1. The van der Waals surface area contributed by atoms with E-state index in [0.717, 1.165) is 17.8 Å². The average molecular weight is 434 g/mol. The van der Waals surface area contributed by atoms with Crippen molar-refractivity contribution < 1.29 is 27.5 Å². The summed E-state index contributed by atoms with van der Waals surface area (Å²) in [6.07, 6.45) is -3.75. The average Bonchev–Trinajstić information content (AvgIpc) is 2.95. The summed E-state index contributed by atoms with van der Waals surface area (Å²) in [6, 6.07) is 5.10. The van der Waals surface area contributed by atoms with Gasteiger partial charge in [-0.05, 0) is 36.4 Å². The normalized spacial score (nSPS) is 11.9. The molecule has 148 valence electrons. The van der Waals surface area contributed by atoms with E-state index in [1.165, 1.54) is 12.1 Å². The fourth-order valence-electron chi connectivity index (χ4n) is 2.52. The molecule has 0 atom stereocenters. The topological polar surface area (TPSA) is 68.0 Å². The van der Waals surface area contributed by atoms with E-state index in [1.807, 2.05) is 0 Å². The molecule has 0 radical (unpaired) electrons. The lowest BCUT2D eigenvalue weighted by Gasteiger charge is -2.10. The van der Waals surface area contributed by atoms with Crippen molar-refractivity contribution in [2.75, 3.05) is 0 Å². The minimum atomic E-state index is -4.58. The molecule has 0 amide bonds. The van der Waals surface area contributed by atoms with Crippen LogP contribution < -0.4 is 0 Å². The van der Waals surface area contributed by atoms with Crippen LogP contribution in [0.5, 0.6) is 0 Å². The van der Waals surface area contributed by atoms with E-state index in [-0.39, 0.29) is 40.1 Å². The third-order valence-corrected chi connectivity index (χ3v) is 5.20. The van der Waals surface area contributed by atoms with Gasteiger partial charge in [-0.1, -0.05) is 17.7 Å². The number of hydrogen-bond acceptors (Lipinski definition) is 4. The summed E-state index contributed by atoms with van der Waals surface area (Å²) in [7, 11) is 0. The Balaban J connectivity index is 1.98. The second kappa shape index (κ2) is 7.96. The molecule has 3 aromatic rings. The number of para-hydroxylation sites is 1. The molecule has 1 N–H and O–H groups in total. The maximum Gasteiger partial charge on any atom is 0.417 e. The number of nitrogens with zero attached hydrogens (tertiary/aromatic N) is 3. The van der Waals surface area contributed by atoms with Gasteiger partial charge in [-0.25, -0.2) is 14.4 Å². The predicted molar refractivity (Wildman–Crippen MR) is 94.9 cm³/mol. The van der Waals surface area contributed by atoms with Crippen LogP contribution in [0.3, 0.4) is 0 Å². The smallest absolute Gasteiger partial charge is 0.417 e. The van der Waals surface area contributed by atoms with Crippen molar-refractivity contribution in [3.63, 3.8) is 0 Å². The van der Waals surface area contributed by atoms with E-state index in [4.69, 9.17) is 16.7 Å². The van der Waals surface area contributed by atoms with Crippen LogP contribution in [-0.2, 0) is 17.5 Å². The summed E-state index contributed by atoms with van der Waals surface area (Å²) in [4.78, 5) is 18.7. The van der Waals surface area contributed by atoms with Crippen molar-refractivity contribution in [3.8, 4) is 0 Å². The molecule has 5 nitrogen and oxygen atoms in total. The standard InChI is InChI=1S/C17H12ClF4N3O2S/c18-10-7-9(17(20,21)22)8-23-15(10)28-16-24-14-11(19)3-1-4-12(14)25(16)6-2-5-13(26)27/h1,3-4,7-8H,2,5-6H2,(H,26,27). The first kappa shape index (κ1) is 20.4. The number of aliphatic carboxylic acids is 1. The van der Waals surface area contributed by atoms with Crippen molar-refractivity contribution in [2.24, 2.45) is 0 Å². The highest BCUT2D eigenvalue weighted by Crippen LogP contribution is 2.37. The lowest BCUT2D eigenvalue weighted by Crippen LogP contribution is -2.06. The van der Waals surface area contributed by atoms with Crippen LogP contribution in [0.1, 0.15) is 18.4 Å². The van der Waals surface area contributed by atoms with Gasteiger partial charge in [0.1, 0.15) is 10.5 Å². The molecule has 0 spiro atoms. The lowest BCUT2D eigenvalue weighted by atomic mass is 10.3. The summed E-state index contributed by atoms with van der Waals surface area (Å²) in [5.41, 5.74) is -0.470. The number of rotatable bonds is 6. The summed E-state index contributed by atoms with van der Waals surface area (Å²) >= 11 is 6.82. The second-order valence-corrected chi connectivity index (χ2v) is 7.12. The van der Waals surface area contributed by atoms with Crippen LogP contribution in [0.2, 0.25) is 5.02 Å². The Morgan fingerprint density at radius 1 is 1.32 bits per heavy atom. The van der Waals surface area contributed by atoms with Crippen molar-refractivity contribution >= 4 is 40.4 Å². The zero-order valence-corrected chi connectivity index (χ0v) is 15.6. The summed E-state index contributed by atoms with van der Waals surface area (Å²) < 4.78 is 54.0. The van der Waals surface area contributed by atoms with Gasteiger partial charge >= 0.3 is 12.1 Å². The Kier molecular flexibility index (Phi) is 5.80. The van der Waals surface area contributed by atoms with Crippen LogP contribution in [0.4, 0.5) is 17.6 Å². The molecule has 2 aromatic heterocycles. The minimum Gasteiger partial charge on any atom is -0.481 e. The molecule has 11 heteroatoms. The second-order valence-electron chi connectivity index (χ2n) is 5.76. The molecule has 0 aliphatic carbocycles. The number of halogens is 5. The molecule has 1 aromatic carbocycles. The number of fused-ring (bicyclic) bond motifs is 1. The zero-order chi connectivity index (χ0) is 20.5. The summed E-state index contributed by atoms with van der Waals surface area (Å²) in [6.45, 7) is 0.229. The third-order valence-electron chi connectivity index (χ3n) is 3.79. The number of hydrogen-bond donors (Lipinski definition) is 1. The Morgan fingerprint density at radius 3 is 2.71 bits per heavy atom. The third kappa shape index (κ3) is 4.39. The highest BCUT2D eigenvalue weighted by Gasteiger charge is 2.31. The molecule has 28 heavy (non-hydrogen) atoms. The maximum absolute atomic E-state index is 14.1. The molecule has 3 rings (SSSR count). The van der Waals surface area contributed by atoms with Gasteiger partial charge in [0, 0.05) is 19.2 Å². The molecular weight excluding hydrogens is 422 g/mol. The van der Waals surface area contributed by atoms with Crippen LogP contribution in [0.15, 0.2) is 40.6 Å². The monoisotopic (exact) mass is 433 g/mol. The SMILES string of the molecule is O=C(O)CCCn1c(Sc2ncc(C(F)(F)F)cc2Cl)nc2c(F)cccc21. The van der Waals surface area contributed by atoms with Crippen molar-refractivity contribution in [1.82, 2.24) is 14.5 Å². The van der Waals surface area contributed by atoms with Crippen molar-refractivity contribution in [1.29, 1.82) is 0 Å². The van der Waals surface area contributed by atoms with Crippen molar-refractivity contribution in [2.45, 2.75) is 35.7 Å². The van der Waals surface area contributed by atoms with E-state index in [1.54, 1.807) is 10.6 Å². The van der Waals surface area contributed by atoms with E-state index < -0.39 is 23.5 Å². The molecule has 0 unspecified atom stereocenters. The van der Waals surface area contributed by atoms with Gasteiger partial charge in [0.2, 0.25) is 0 Å². The highest BCUT2D eigenvalue weighted by atomic mass is 35.5. The number of carboxylic acid groups (broad SMARTS) is 1. The van der Waals surface area contributed by atoms with Gasteiger partial charge in [-0.15, -0.1) is 0 Å². The summed E-state index contributed by atoms with van der Waals surface area (Å²) in [5.74, 6) is -1.54. The number of benzene rings is 1.